The van der Waals surface area contributed by atoms with Gasteiger partial charge in [-0.3, -0.25) is 9.48 Å². The molecule has 7 heteroatoms. The Labute approximate surface area is 159 Å². The standard InChI is InChI=1S/C20H26N4O3/c1-20(2,3)17(19(26)27-4)22-18(25)16-14-10-6-7-11-15(14)24(23-16)13-9-5-8-12-21/h6-7,10-11,17H,5,8-9,13H2,1-4H3,(H,22,25)/t17-/m1/s1. The molecule has 1 atom stereocenters. The number of fused-ring (bicyclic) bond motifs is 1. The highest BCUT2D eigenvalue weighted by Crippen LogP contribution is 2.23. The number of benzene rings is 1. The number of aromatic nitrogens is 2. The van der Waals surface area contributed by atoms with Gasteiger partial charge in [-0.2, -0.15) is 10.4 Å². The van der Waals surface area contributed by atoms with E-state index in [0.29, 0.717) is 13.0 Å². The fraction of sp³-hybridized carbons (Fsp3) is 0.500. The molecule has 0 saturated carbocycles. The first-order valence-corrected chi connectivity index (χ1v) is 9.00. The van der Waals surface area contributed by atoms with Crippen molar-refractivity contribution in [2.75, 3.05) is 7.11 Å². The van der Waals surface area contributed by atoms with Gasteiger partial charge >= 0.3 is 5.97 Å². The number of nitriles is 1. The number of rotatable bonds is 7. The first-order chi connectivity index (χ1) is 12.8. The first-order valence-electron chi connectivity index (χ1n) is 9.00. The number of carbonyl (C=O) groups excluding carboxylic acids is 2. The number of nitrogens with one attached hydrogen (secondary N) is 1. The molecule has 1 heterocycles. The van der Waals surface area contributed by atoms with Crippen molar-refractivity contribution in [2.45, 2.75) is 52.6 Å². The Hall–Kier alpha value is -2.88. The van der Waals surface area contributed by atoms with Crippen LogP contribution in [0.15, 0.2) is 24.3 Å². The molecule has 0 aliphatic heterocycles. The zero-order valence-electron chi connectivity index (χ0n) is 16.3. The van der Waals surface area contributed by atoms with Crippen molar-refractivity contribution < 1.29 is 14.3 Å². The normalized spacial score (nSPS) is 12.4. The highest BCUT2D eigenvalue weighted by atomic mass is 16.5. The highest BCUT2D eigenvalue weighted by molar-refractivity contribution is 6.06. The Morgan fingerprint density at radius 3 is 2.63 bits per heavy atom. The predicted molar refractivity (Wildman–Crippen MR) is 102 cm³/mol. The van der Waals surface area contributed by atoms with Crippen molar-refractivity contribution in [3.8, 4) is 6.07 Å². The number of unbranched alkanes of at least 4 members (excludes halogenated alkanes) is 2. The van der Waals surface area contributed by atoms with Crippen molar-refractivity contribution in [3.05, 3.63) is 30.0 Å². The average molecular weight is 370 g/mol. The van der Waals surface area contributed by atoms with Crippen molar-refractivity contribution in [1.82, 2.24) is 15.1 Å². The fourth-order valence-corrected chi connectivity index (χ4v) is 2.88. The summed E-state index contributed by atoms with van der Waals surface area (Å²) in [6.07, 6.45) is 2.08. The molecule has 0 bridgehead atoms. The fourth-order valence-electron chi connectivity index (χ4n) is 2.88. The number of hydrogen-bond donors (Lipinski definition) is 1. The lowest BCUT2D eigenvalue weighted by atomic mass is 9.86. The van der Waals surface area contributed by atoms with Gasteiger partial charge in [0, 0.05) is 18.4 Å². The van der Waals surface area contributed by atoms with E-state index >= 15 is 0 Å². The van der Waals surface area contributed by atoms with Crippen molar-refractivity contribution in [3.63, 3.8) is 0 Å². The number of para-hydroxylation sites is 1. The average Bonchev–Trinajstić information content (AvgIpc) is 3.00. The van der Waals surface area contributed by atoms with Gasteiger partial charge in [0.1, 0.15) is 6.04 Å². The van der Waals surface area contributed by atoms with Gasteiger partial charge in [-0.25, -0.2) is 4.79 Å². The van der Waals surface area contributed by atoms with Crippen LogP contribution in [0.5, 0.6) is 0 Å². The molecule has 27 heavy (non-hydrogen) atoms. The molecule has 2 aromatic rings. The topological polar surface area (TPSA) is 97.0 Å². The van der Waals surface area contributed by atoms with Crippen LogP contribution >= 0.6 is 0 Å². The van der Waals surface area contributed by atoms with Crippen LogP contribution in [0.4, 0.5) is 0 Å². The number of carbonyl (C=O) groups is 2. The van der Waals surface area contributed by atoms with Crippen LogP contribution in [-0.4, -0.2) is 34.8 Å². The molecule has 0 saturated heterocycles. The summed E-state index contributed by atoms with van der Waals surface area (Å²) in [4.78, 5) is 25.0. The van der Waals surface area contributed by atoms with Crippen LogP contribution in [0.3, 0.4) is 0 Å². The largest absolute Gasteiger partial charge is 0.467 e. The number of nitrogens with zero attached hydrogens (tertiary/aromatic N) is 3. The highest BCUT2D eigenvalue weighted by Gasteiger charge is 2.34. The summed E-state index contributed by atoms with van der Waals surface area (Å²) in [6.45, 7) is 6.21. The number of esters is 1. The Kier molecular flexibility index (Phi) is 6.56. The van der Waals surface area contributed by atoms with Crippen LogP contribution in [0.25, 0.3) is 10.9 Å². The molecule has 1 N–H and O–H groups in total. The Morgan fingerprint density at radius 2 is 2.00 bits per heavy atom. The summed E-state index contributed by atoms with van der Waals surface area (Å²) in [5, 5.41) is 16.6. The molecule has 0 aliphatic rings. The number of aryl methyl sites for hydroxylation is 1. The minimum absolute atomic E-state index is 0.282. The summed E-state index contributed by atoms with van der Waals surface area (Å²) in [6, 6.07) is 8.84. The molecule has 0 radical (unpaired) electrons. The molecule has 0 aliphatic carbocycles. The maximum absolute atomic E-state index is 12.9. The minimum atomic E-state index is -0.783. The molecule has 0 unspecified atom stereocenters. The maximum Gasteiger partial charge on any atom is 0.328 e. The summed E-state index contributed by atoms with van der Waals surface area (Å²) < 4.78 is 6.62. The SMILES string of the molecule is COC(=O)[C@@H](NC(=O)c1nn(CCCCC#N)c2ccccc12)C(C)(C)C. The summed E-state index contributed by atoms with van der Waals surface area (Å²) in [7, 11) is 1.30. The summed E-state index contributed by atoms with van der Waals surface area (Å²) >= 11 is 0. The van der Waals surface area contributed by atoms with Gasteiger partial charge in [-0.05, 0) is 24.3 Å². The van der Waals surface area contributed by atoms with E-state index in [2.05, 4.69) is 16.5 Å². The molecule has 2 rings (SSSR count). The van der Waals surface area contributed by atoms with E-state index in [1.165, 1.54) is 7.11 Å². The number of methoxy groups -OCH3 is 1. The zero-order chi connectivity index (χ0) is 20.0. The van der Waals surface area contributed by atoms with E-state index in [0.717, 1.165) is 23.7 Å². The van der Waals surface area contributed by atoms with Gasteiger partial charge in [0.25, 0.3) is 5.91 Å². The van der Waals surface area contributed by atoms with E-state index in [9.17, 15) is 9.59 Å². The maximum atomic E-state index is 12.9. The van der Waals surface area contributed by atoms with Crippen LogP contribution in [0.2, 0.25) is 0 Å². The second kappa shape index (κ2) is 8.67. The number of ether oxygens (including phenoxy) is 1. The van der Waals surface area contributed by atoms with Crippen molar-refractivity contribution in [1.29, 1.82) is 5.26 Å². The summed E-state index contributed by atoms with van der Waals surface area (Å²) in [5.41, 5.74) is 0.632. The zero-order valence-corrected chi connectivity index (χ0v) is 16.3. The van der Waals surface area contributed by atoms with E-state index in [1.807, 2.05) is 45.0 Å². The molecule has 7 nitrogen and oxygen atoms in total. The first kappa shape index (κ1) is 20.4. The van der Waals surface area contributed by atoms with Gasteiger partial charge in [-0.1, -0.05) is 39.0 Å². The third-order valence-electron chi connectivity index (χ3n) is 4.36. The molecule has 0 fully saturated rings. The molecule has 144 valence electrons. The molecule has 1 amide bonds. The van der Waals surface area contributed by atoms with Gasteiger partial charge in [0.2, 0.25) is 0 Å². The third kappa shape index (κ3) is 4.85. The van der Waals surface area contributed by atoms with Crippen molar-refractivity contribution >= 4 is 22.8 Å². The smallest absolute Gasteiger partial charge is 0.328 e. The number of amides is 1. The van der Waals surface area contributed by atoms with Crippen LogP contribution in [0.1, 0.15) is 50.5 Å². The van der Waals surface area contributed by atoms with Crippen molar-refractivity contribution in [2.24, 2.45) is 5.41 Å². The van der Waals surface area contributed by atoms with E-state index in [1.54, 1.807) is 4.68 Å². The lowest BCUT2D eigenvalue weighted by molar-refractivity contribution is -0.145. The molecular weight excluding hydrogens is 344 g/mol. The lowest BCUT2D eigenvalue weighted by Crippen LogP contribution is -2.49. The summed E-state index contributed by atoms with van der Waals surface area (Å²) in [5.74, 6) is -0.900. The van der Waals surface area contributed by atoms with Gasteiger partial charge in [-0.15, -0.1) is 0 Å². The molecule has 1 aromatic carbocycles. The monoisotopic (exact) mass is 370 g/mol. The quantitative estimate of drug-likeness (QED) is 0.597. The van der Waals surface area contributed by atoms with Crippen LogP contribution in [0, 0.1) is 16.7 Å². The Balaban J connectivity index is 2.30. The van der Waals surface area contributed by atoms with Crippen LogP contribution < -0.4 is 5.32 Å². The third-order valence-corrected chi connectivity index (χ3v) is 4.36. The van der Waals surface area contributed by atoms with E-state index < -0.39 is 23.3 Å². The molecule has 1 aromatic heterocycles. The minimum Gasteiger partial charge on any atom is -0.467 e. The van der Waals surface area contributed by atoms with Gasteiger partial charge in [0.05, 0.1) is 18.7 Å². The Bertz CT molecular complexity index is 858. The lowest BCUT2D eigenvalue weighted by Gasteiger charge is -2.28. The second-order valence-corrected chi connectivity index (χ2v) is 7.50. The predicted octanol–water partition coefficient (Wildman–Crippen LogP) is 3.05. The van der Waals surface area contributed by atoms with E-state index in [4.69, 9.17) is 10.00 Å². The molecule has 0 spiro atoms. The Morgan fingerprint density at radius 1 is 1.30 bits per heavy atom. The number of hydrogen-bond acceptors (Lipinski definition) is 5. The van der Waals surface area contributed by atoms with Gasteiger partial charge < -0.3 is 10.1 Å². The molecular formula is C20H26N4O3. The van der Waals surface area contributed by atoms with E-state index in [-0.39, 0.29) is 5.69 Å². The second-order valence-electron chi connectivity index (χ2n) is 7.50. The van der Waals surface area contributed by atoms with Crippen LogP contribution in [-0.2, 0) is 16.1 Å². The van der Waals surface area contributed by atoms with Gasteiger partial charge in [0.15, 0.2) is 5.69 Å².